The van der Waals surface area contributed by atoms with E-state index in [0.717, 1.165) is 11.1 Å². The molecule has 11 aromatic rings. The number of hydrogen-bond acceptors (Lipinski definition) is 4. The lowest BCUT2D eigenvalue weighted by Crippen LogP contribution is -1.77. The molecule has 4 aromatic heterocycles. The molecule has 0 aliphatic heterocycles. The van der Waals surface area contributed by atoms with Gasteiger partial charge in [0.25, 0.3) is 0 Å². The van der Waals surface area contributed by atoms with E-state index in [2.05, 4.69) is 136 Å². The Kier molecular flexibility index (Phi) is 8.12. The van der Waals surface area contributed by atoms with Gasteiger partial charge in [0.15, 0.2) is 0 Å². The Balaban J connectivity index is 0.000000317. The minimum Gasteiger partial charge on any atom is -0.134 e. The van der Waals surface area contributed by atoms with Crippen molar-refractivity contribution in [2.75, 3.05) is 0 Å². The molecule has 0 amide bonds. The van der Waals surface area contributed by atoms with Gasteiger partial charge >= 0.3 is 0 Å². The van der Waals surface area contributed by atoms with Crippen molar-refractivity contribution in [2.24, 2.45) is 0 Å². The summed E-state index contributed by atoms with van der Waals surface area (Å²) in [5.74, 6) is 0. The van der Waals surface area contributed by atoms with Crippen molar-refractivity contribution in [3.8, 4) is 22.3 Å². The summed E-state index contributed by atoms with van der Waals surface area (Å²) in [6.07, 6.45) is 1.76. The minimum absolute atomic E-state index is 0.973. The van der Waals surface area contributed by atoms with Crippen LogP contribution >= 0.6 is 45.3 Å². The monoisotopic (exact) mass is 762 g/mol. The molecule has 4 heteroatoms. The van der Waals surface area contributed by atoms with Crippen LogP contribution in [0.25, 0.3) is 97.7 Å². The van der Waals surface area contributed by atoms with E-state index in [-0.39, 0.29) is 0 Å². The first-order chi connectivity index (χ1) is 26.4. The highest BCUT2D eigenvalue weighted by Gasteiger charge is 2.17. The normalized spacial score (nSPS) is 11.7. The van der Waals surface area contributed by atoms with E-state index in [1.807, 2.05) is 75.7 Å². The second-order valence-electron chi connectivity index (χ2n) is 14.0. The van der Waals surface area contributed by atoms with E-state index in [1.54, 1.807) is 6.08 Å². The number of aryl methyl sites for hydroxylation is 2. The molecular formula is C50H34S4. The fourth-order valence-electron chi connectivity index (χ4n) is 7.38. The van der Waals surface area contributed by atoms with Crippen LogP contribution in [-0.4, -0.2) is 0 Å². The van der Waals surface area contributed by atoms with Crippen LogP contribution < -0.4 is 0 Å². The lowest BCUT2D eigenvalue weighted by Gasteiger charge is -2.03. The zero-order valence-corrected chi connectivity index (χ0v) is 33.2. The third-order valence-corrected chi connectivity index (χ3v) is 15.4. The Morgan fingerprint density at radius 2 is 0.815 bits per heavy atom. The molecule has 0 aliphatic carbocycles. The summed E-state index contributed by atoms with van der Waals surface area (Å²) >= 11 is 7.78. The first-order valence-electron chi connectivity index (χ1n) is 18.0. The molecule has 0 saturated carbocycles. The largest absolute Gasteiger partial charge is 0.134 e. The zero-order valence-electron chi connectivity index (χ0n) is 29.9. The number of fused-ring (bicyclic) bond motifs is 11. The van der Waals surface area contributed by atoms with Crippen LogP contribution in [0.3, 0.4) is 0 Å². The first kappa shape index (κ1) is 33.2. The minimum atomic E-state index is 0.973. The average molecular weight is 763 g/mol. The Morgan fingerprint density at radius 1 is 0.426 bits per heavy atom. The molecule has 0 aliphatic rings. The van der Waals surface area contributed by atoms with Gasteiger partial charge in [-0.1, -0.05) is 133 Å². The van der Waals surface area contributed by atoms with Gasteiger partial charge in [-0.3, -0.25) is 0 Å². The molecule has 7 aromatic carbocycles. The van der Waals surface area contributed by atoms with Crippen molar-refractivity contribution in [3.63, 3.8) is 0 Å². The average Bonchev–Trinajstić information content (AvgIpc) is 3.94. The second-order valence-corrected chi connectivity index (χ2v) is 18.2. The molecule has 0 radical (unpaired) electrons. The lowest BCUT2D eigenvalue weighted by atomic mass is 10.0. The summed E-state index contributed by atoms with van der Waals surface area (Å²) in [5, 5.41) is 8.21. The van der Waals surface area contributed by atoms with E-state index in [4.69, 9.17) is 0 Å². The van der Waals surface area contributed by atoms with Gasteiger partial charge < -0.3 is 0 Å². The maximum absolute atomic E-state index is 3.83. The highest BCUT2D eigenvalue weighted by Crippen LogP contribution is 2.49. The quantitative estimate of drug-likeness (QED) is 0.157. The molecule has 0 bridgehead atoms. The standard InChI is InChI=1S/C40H24S4.C10H10/c1-21-3-7-23(8-4-21)25-11-13-29-33(17-25)41-39-31-15-27-20-36-32(16-28(27)19-35(31)43-37(29)39)40-38(44-36)30-14-12-26(18-34(30)42-40)24-9-5-22(2)6-10-24;1-3-9(2)10-7-5-4-6-8-10/h3-20H,1-2H3;3-8H,1-2H2. The number of thiophene rings is 4. The van der Waals surface area contributed by atoms with E-state index in [0.29, 0.717) is 0 Å². The highest BCUT2D eigenvalue weighted by atomic mass is 32.1. The van der Waals surface area contributed by atoms with Crippen LogP contribution in [0, 0.1) is 13.8 Å². The Hall–Kier alpha value is -5.36. The third kappa shape index (κ3) is 5.69. The molecule has 0 fully saturated rings. The molecule has 0 N–H and O–H groups in total. The molecular weight excluding hydrogens is 729 g/mol. The van der Waals surface area contributed by atoms with Gasteiger partial charge in [-0.15, -0.1) is 45.3 Å². The van der Waals surface area contributed by atoms with Crippen molar-refractivity contribution in [3.05, 3.63) is 175 Å². The van der Waals surface area contributed by atoms with Crippen LogP contribution in [0.2, 0.25) is 0 Å². The summed E-state index contributed by atoms with van der Waals surface area (Å²) in [5.41, 5.74) is 9.85. The van der Waals surface area contributed by atoms with Crippen LogP contribution in [0.15, 0.2) is 159 Å². The molecule has 0 saturated heterocycles. The second kappa shape index (κ2) is 13.2. The zero-order chi connectivity index (χ0) is 36.5. The summed E-state index contributed by atoms with van der Waals surface area (Å²) in [4.78, 5) is 0. The Morgan fingerprint density at radius 3 is 1.24 bits per heavy atom. The number of hydrogen-bond donors (Lipinski definition) is 0. The Bertz CT molecular complexity index is 3040. The summed E-state index contributed by atoms with van der Waals surface area (Å²) in [7, 11) is 0. The van der Waals surface area contributed by atoms with Gasteiger partial charge in [-0.2, -0.15) is 0 Å². The molecule has 54 heavy (non-hydrogen) atoms. The van der Waals surface area contributed by atoms with Gasteiger partial charge in [0.05, 0.1) is 18.8 Å². The van der Waals surface area contributed by atoms with E-state index >= 15 is 0 Å². The lowest BCUT2D eigenvalue weighted by molar-refractivity contribution is 1.47. The molecule has 4 heterocycles. The maximum Gasteiger partial charge on any atom is 0.0542 e. The fraction of sp³-hybridized carbons (Fsp3) is 0.0400. The number of allylic oxidation sites excluding steroid dienone is 2. The number of rotatable bonds is 4. The van der Waals surface area contributed by atoms with E-state index < -0.39 is 0 Å². The van der Waals surface area contributed by atoms with Crippen LogP contribution in [0.4, 0.5) is 0 Å². The summed E-state index contributed by atoms with van der Waals surface area (Å²) in [6, 6.07) is 51.5. The van der Waals surface area contributed by atoms with Crippen LogP contribution in [0.5, 0.6) is 0 Å². The van der Waals surface area contributed by atoms with Crippen molar-refractivity contribution >= 4 is 121 Å². The summed E-state index contributed by atoms with van der Waals surface area (Å²) in [6.45, 7) is 11.8. The SMILES string of the molecule is C=CC(=C)c1ccccc1.Cc1ccc(-c2ccc3c(c2)sc2c4cc5cc6sc7c8ccc(-c9ccc(C)cc9)cc8sc7c6cc5cc4sc32)cc1. The number of benzene rings is 7. The molecule has 258 valence electrons. The van der Waals surface area contributed by atoms with Gasteiger partial charge in [0.2, 0.25) is 0 Å². The van der Waals surface area contributed by atoms with Gasteiger partial charge in [-0.25, -0.2) is 0 Å². The topological polar surface area (TPSA) is 0 Å². The smallest absolute Gasteiger partial charge is 0.0542 e. The first-order valence-corrected chi connectivity index (χ1v) is 21.3. The fourth-order valence-corrected chi connectivity index (χ4v) is 12.8. The molecule has 0 nitrogen and oxygen atoms in total. The predicted molar refractivity (Wildman–Crippen MR) is 247 cm³/mol. The molecule has 0 spiro atoms. The van der Waals surface area contributed by atoms with Gasteiger partial charge in [0, 0.05) is 40.3 Å². The van der Waals surface area contributed by atoms with Crippen LogP contribution in [-0.2, 0) is 0 Å². The molecule has 0 atom stereocenters. The third-order valence-electron chi connectivity index (χ3n) is 10.4. The van der Waals surface area contributed by atoms with Crippen molar-refractivity contribution in [1.29, 1.82) is 0 Å². The summed E-state index contributed by atoms with van der Waals surface area (Å²) < 4.78 is 11.2. The van der Waals surface area contributed by atoms with E-state index in [9.17, 15) is 0 Å². The van der Waals surface area contributed by atoms with Crippen molar-refractivity contribution in [2.45, 2.75) is 13.8 Å². The maximum atomic E-state index is 3.83. The van der Waals surface area contributed by atoms with Crippen molar-refractivity contribution < 1.29 is 0 Å². The molecule has 11 rings (SSSR count). The van der Waals surface area contributed by atoms with E-state index in [1.165, 1.54) is 103 Å². The van der Waals surface area contributed by atoms with Crippen molar-refractivity contribution in [1.82, 2.24) is 0 Å². The van der Waals surface area contributed by atoms with Gasteiger partial charge in [0.1, 0.15) is 0 Å². The highest BCUT2D eigenvalue weighted by molar-refractivity contribution is 7.37. The predicted octanol–water partition coefficient (Wildman–Crippen LogP) is 16.8. The molecule has 0 unspecified atom stereocenters. The van der Waals surface area contributed by atoms with Gasteiger partial charge in [-0.05, 0) is 94.4 Å². The Labute approximate surface area is 330 Å². The van der Waals surface area contributed by atoms with Crippen LogP contribution in [0.1, 0.15) is 16.7 Å².